The number of methoxy groups -OCH3 is 1. The van der Waals surface area contributed by atoms with Gasteiger partial charge in [-0.2, -0.15) is 0 Å². The van der Waals surface area contributed by atoms with Crippen molar-refractivity contribution >= 4 is 14.3 Å². The first-order valence-electron chi connectivity index (χ1n) is 6.88. The van der Waals surface area contributed by atoms with E-state index in [4.69, 9.17) is 9.16 Å². The Labute approximate surface area is 111 Å². The van der Waals surface area contributed by atoms with Gasteiger partial charge >= 0.3 is 5.97 Å². The second-order valence-electron chi connectivity index (χ2n) is 7.55. The zero-order valence-electron chi connectivity index (χ0n) is 12.5. The maximum atomic E-state index is 11.7. The number of carbonyl (C=O) groups is 1. The first-order chi connectivity index (χ1) is 8.10. The molecule has 3 nitrogen and oxygen atoms in total. The molecule has 3 saturated carbocycles. The SMILES string of the molecule is COC(=O)C1CC2(O[Si](C)(C)C(C)(C)C)CC1C2. The monoisotopic (exact) mass is 270 g/mol. The van der Waals surface area contributed by atoms with Crippen molar-refractivity contribution in [3.63, 3.8) is 0 Å². The molecule has 0 saturated heterocycles. The molecule has 0 spiro atoms. The fraction of sp³-hybridized carbons (Fsp3) is 0.929. The molecule has 3 aliphatic rings. The summed E-state index contributed by atoms with van der Waals surface area (Å²) in [6.07, 6.45) is 2.98. The van der Waals surface area contributed by atoms with E-state index in [0.29, 0.717) is 5.92 Å². The Morgan fingerprint density at radius 2 is 1.78 bits per heavy atom. The van der Waals surface area contributed by atoms with Gasteiger partial charge in [0.15, 0.2) is 8.32 Å². The molecule has 3 rings (SSSR count). The first kappa shape index (κ1) is 14.1. The summed E-state index contributed by atoms with van der Waals surface area (Å²) < 4.78 is 11.5. The highest BCUT2D eigenvalue weighted by molar-refractivity contribution is 6.74. The van der Waals surface area contributed by atoms with Gasteiger partial charge in [-0.1, -0.05) is 20.8 Å². The summed E-state index contributed by atoms with van der Waals surface area (Å²) in [5, 5.41) is 0.232. The van der Waals surface area contributed by atoms with E-state index in [1.54, 1.807) is 0 Å². The van der Waals surface area contributed by atoms with Gasteiger partial charge in [0.2, 0.25) is 0 Å². The average Bonchev–Trinajstić information content (AvgIpc) is 2.68. The Bertz CT molecular complexity index is 351. The smallest absolute Gasteiger partial charge is 0.309 e. The van der Waals surface area contributed by atoms with E-state index >= 15 is 0 Å². The van der Waals surface area contributed by atoms with E-state index in [9.17, 15) is 4.79 Å². The van der Waals surface area contributed by atoms with Crippen molar-refractivity contribution in [3.8, 4) is 0 Å². The summed E-state index contributed by atoms with van der Waals surface area (Å²) in [5.41, 5.74) is -0.00742. The van der Waals surface area contributed by atoms with Gasteiger partial charge in [0, 0.05) is 0 Å². The lowest BCUT2D eigenvalue weighted by Gasteiger charge is -2.48. The van der Waals surface area contributed by atoms with Gasteiger partial charge < -0.3 is 9.16 Å². The molecule has 1 atom stereocenters. The average molecular weight is 270 g/mol. The summed E-state index contributed by atoms with van der Waals surface area (Å²) in [6, 6.07) is 0. The zero-order valence-corrected chi connectivity index (χ0v) is 13.5. The number of carbonyl (C=O) groups excluding carboxylic acids is 1. The summed E-state index contributed by atoms with van der Waals surface area (Å²) in [6.45, 7) is 11.4. The van der Waals surface area contributed by atoms with Gasteiger partial charge in [-0.15, -0.1) is 0 Å². The normalized spacial score (nSPS) is 35.2. The quantitative estimate of drug-likeness (QED) is 0.583. The van der Waals surface area contributed by atoms with Crippen molar-refractivity contribution in [2.24, 2.45) is 11.8 Å². The Morgan fingerprint density at radius 1 is 1.22 bits per heavy atom. The highest BCUT2D eigenvalue weighted by Gasteiger charge is 2.61. The van der Waals surface area contributed by atoms with E-state index < -0.39 is 8.32 Å². The van der Waals surface area contributed by atoms with Gasteiger partial charge in [0.1, 0.15) is 0 Å². The molecule has 2 bridgehead atoms. The first-order valence-corrected chi connectivity index (χ1v) is 9.79. The fourth-order valence-electron chi connectivity index (χ4n) is 3.16. The highest BCUT2D eigenvalue weighted by Crippen LogP contribution is 2.60. The molecule has 104 valence electrons. The summed E-state index contributed by atoms with van der Waals surface area (Å²) in [7, 11) is -0.245. The van der Waals surface area contributed by atoms with E-state index in [-0.39, 0.29) is 22.5 Å². The van der Waals surface area contributed by atoms with Crippen LogP contribution in [-0.2, 0) is 14.0 Å². The third-order valence-corrected chi connectivity index (χ3v) is 9.77. The van der Waals surface area contributed by atoms with Crippen molar-refractivity contribution in [2.75, 3.05) is 7.11 Å². The second kappa shape index (κ2) is 4.07. The largest absolute Gasteiger partial charge is 0.469 e. The summed E-state index contributed by atoms with van der Waals surface area (Å²) in [5.74, 6) is 0.542. The minimum Gasteiger partial charge on any atom is -0.469 e. The topological polar surface area (TPSA) is 35.5 Å². The number of hydrogen-bond acceptors (Lipinski definition) is 3. The maximum absolute atomic E-state index is 11.7. The van der Waals surface area contributed by atoms with Crippen LogP contribution in [0.4, 0.5) is 0 Å². The van der Waals surface area contributed by atoms with Crippen molar-refractivity contribution in [1.29, 1.82) is 0 Å². The molecule has 0 amide bonds. The zero-order chi connectivity index (χ0) is 13.8. The predicted molar refractivity (Wildman–Crippen MR) is 73.9 cm³/mol. The van der Waals surface area contributed by atoms with Crippen LogP contribution in [0.1, 0.15) is 40.0 Å². The molecule has 3 aliphatic carbocycles. The molecule has 0 aromatic rings. The Balaban J connectivity index is 2.04. The lowest BCUT2D eigenvalue weighted by atomic mass is 9.79. The van der Waals surface area contributed by atoms with Crippen LogP contribution in [0.15, 0.2) is 0 Å². The molecule has 4 heteroatoms. The van der Waals surface area contributed by atoms with E-state index in [1.165, 1.54) is 7.11 Å². The molecule has 0 aromatic heterocycles. The number of fused-ring (bicyclic) bond motifs is 1. The molecule has 0 aromatic carbocycles. The van der Waals surface area contributed by atoms with Crippen LogP contribution < -0.4 is 0 Å². The van der Waals surface area contributed by atoms with Crippen LogP contribution in [0.2, 0.25) is 18.1 Å². The molecular formula is C14H26O3Si. The Morgan fingerprint density at radius 3 is 2.22 bits per heavy atom. The van der Waals surface area contributed by atoms with Gasteiger partial charge in [-0.25, -0.2) is 0 Å². The van der Waals surface area contributed by atoms with Crippen molar-refractivity contribution in [2.45, 2.75) is 63.8 Å². The third-order valence-electron chi connectivity index (χ3n) is 5.21. The van der Waals surface area contributed by atoms with Gasteiger partial charge in [-0.05, 0) is 43.3 Å². The van der Waals surface area contributed by atoms with Crippen LogP contribution in [-0.4, -0.2) is 27.0 Å². The van der Waals surface area contributed by atoms with Crippen molar-refractivity contribution < 1.29 is 14.0 Å². The van der Waals surface area contributed by atoms with Gasteiger partial charge in [-0.3, -0.25) is 4.79 Å². The highest BCUT2D eigenvalue weighted by atomic mass is 28.4. The van der Waals surface area contributed by atoms with Gasteiger partial charge in [0.05, 0.1) is 18.6 Å². The predicted octanol–water partition coefficient (Wildman–Crippen LogP) is 3.35. The number of ether oxygens (including phenoxy) is 1. The van der Waals surface area contributed by atoms with E-state index in [0.717, 1.165) is 19.3 Å². The molecule has 1 unspecified atom stereocenters. The van der Waals surface area contributed by atoms with Crippen LogP contribution in [0.25, 0.3) is 0 Å². The fourth-order valence-corrected chi connectivity index (χ4v) is 4.80. The molecule has 3 fully saturated rings. The van der Waals surface area contributed by atoms with Crippen LogP contribution in [0.3, 0.4) is 0 Å². The molecular weight excluding hydrogens is 244 g/mol. The number of esters is 1. The standard InChI is InChI=1S/C14H26O3Si/c1-13(2,3)18(5,6)17-14-7-10(8-14)11(9-14)12(15)16-4/h10-11H,7-9H2,1-6H3. The number of hydrogen-bond donors (Lipinski definition) is 0. The maximum Gasteiger partial charge on any atom is 0.309 e. The van der Waals surface area contributed by atoms with E-state index in [1.807, 2.05) is 0 Å². The molecule has 0 N–H and O–H groups in total. The van der Waals surface area contributed by atoms with Gasteiger partial charge in [0.25, 0.3) is 0 Å². The molecule has 0 aliphatic heterocycles. The Kier molecular flexibility index (Phi) is 3.18. The van der Waals surface area contributed by atoms with Crippen LogP contribution in [0.5, 0.6) is 0 Å². The Hall–Kier alpha value is -0.353. The third kappa shape index (κ3) is 2.14. The summed E-state index contributed by atoms with van der Waals surface area (Å²) >= 11 is 0. The molecule has 0 radical (unpaired) electrons. The summed E-state index contributed by atoms with van der Waals surface area (Å²) in [4.78, 5) is 11.7. The number of rotatable bonds is 3. The van der Waals surface area contributed by atoms with Crippen molar-refractivity contribution in [1.82, 2.24) is 0 Å². The van der Waals surface area contributed by atoms with E-state index in [2.05, 4.69) is 33.9 Å². The van der Waals surface area contributed by atoms with Crippen LogP contribution in [0, 0.1) is 11.8 Å². The minimum absolute atomic E-state index is 0.00742. The molecule has 0 heterocycles. The van der Waals surface area contributed by atoms with Crippen molar-refractivity contribution in [3.05, 3.63) is 0 Å². The molecule has 18 heavy (non-hydrogen) atoms. The minimum atomic E-state index is -1.73. The van der Waals surface area contributed by atoms with Crippen LogP contribution >= 0.6 is 0 Å². The lowest BCUT2D eigenvalue weighted by molar-refractivity contribution is -0.146. The second-order valence-corrected chi connectivity index (χ2v) is 12.3. The lowest BCUT2D eigenvalue weighted by Crippen LogP contribution is -2.51.